The zero-order chi connectivity index (χ0) is 16.5. The van der Waals surface area contributed by atoms with Crippen LogP contribution in [0, 0.1) is 16.7 Å². The van der Waals surface area contributed by atoms with E-state index in [2.05, 4.69) is 10.6 Å². The van der Waals surface area contributed by atoms with Gasteiger partial charge in [-0.25, -0.2) is 0 Å². The summed E-state index contributed by atoms with van der Waals surface area (Å²) in [6, 6.07) is 0. The van der Waals surface area contributed by atoms with Gasteiger partial charge in [-0.15, -0.1) is 12.4 Å². The fraction of sp³-hybridized carbons (Fsp3) is 0.889. The molecule has 0 spiro atoms. The fourth-order valence-electron chi connectivity index (χ4n) is 5.11. The minimum atomic E-state index is -0.369. The molecule has 0 radical (unpaired) electrons. The fourth-order valence-corrected chi connectivity index (χ4v) is 5.11. The van der Waals surface area contributed by atoms with E-state index in [0.29, 0.717) is 12.5 Å². The number of nitrogens with zero attached hydrogens (tertiary/aromatic N) is 1. The van der Waals surface area contributed by atoms with Crippen molar-refractivity contribution in [2.24, 2.45) is 16.7 Å². The van der Waals surface area contributed by atoms with Crippen LogP contribution in [0.3, 0.4) is 0 Å². The molecule has 1 saturated heterocycles. The molecule has 1 heterocycles. The van der Waals surface area contributed by atoms with Gasteiger partial charge in [-0.05, 0) is 38.1 Å². The van der Waals surface area contributed by atoms with Crippen LogP contribution in [-0.4, -0.2) is 50.4 Å². The molecule has 2 saturated carbocycles. The van der Waals surface area contributed by atoms with E-state index in [1.54, 1.807) is 4.90 Å². The molecule has 0 bridgehead atoms. The van der Waals surface area contributed by atoms with Crippen molar-refractivity contribution in [1.82, 2.24) is 15.5 Å². The standard InChI is InChI=1S/C18H31N3O2.ClH/c1-21(2)16(23)17(8-5-6-9-17)12-20-15(22)18-10-4-3-7-14(18)11-19-13-18;/h14,19H,3-13H2,1-2H3,(H,20,22);1H/t14-,18+;/m0./s1. The highest BCUT2D eigenvalue weighted by molar-refractivity contribution is 5.86. The lowest BCUT2D eigenvalue weighted by Crippen LogP contribution is -2.52. The normalized spacial score (nSPS) is 31.0. The Morgan fingerprint density at radius 1 is 1.12 bits per heavy atom. The lowest BCUT2D eigenvalue weighted by molar-refractivity contribution is -0.141. The molecule has 138 valence electrons. The van der Waals surface area contributed by atoms with Gasteiger partial charge in [0.1, 0.15) is 0 Å². The summed E-state index contributed by atoms with van der Waals surface area (Å²) in [5, 5.41) is 6.64. The van der Waals surface area contributed by atoms with Gasteiger partial charge in [-0.3, -0.25) is 9.59 Å². The number of fused-ring (bicyclic) bond motifs is 1. The van der Waals surface area contributed by atoms with Gasteiger partial charge in [-0.1, -0.05) is 25.7 Å². The van der Waals surface area contributed by atoms with E-state index in [0.717, 1.165) is 58.0 Å². The second kappa shape index (κ2) is 7.61. The number of hydrogen-bond donors (Lipinski definition) is 2. The van der Waals surface area contributed by atoms with E-state index >= 15 is 0 Å². The topological polar surface area (TPSA) is 61.4 Å². The number of hydrogen-bond acceptors (Lipinski definition) is 3. The molecule has 2 atom stereocenters. The molecular weight excluding hydrogens is 326 g/mol. The molecule has 3 aliphatic rings. The predicted molar refractivity (Wildman–Crippen MR) is 97.1 cm³/mol. The van der Waals surface area contributed by atoms with Crippen molar-refractivity contribution in [1.29, 1.82) is 0 Å². The molecule has 5 nitrogen and oxygen atoms in total. The van der Waals surface area contributed by atoms with Crippen LogP contribution in [0.2, 0.25) is 0 Å². The Morgan fingerprint density at radius 3 is 2.46 bits per heavy atom. The van der Waals surface area contributed by atoms with Gasteiger partial charge in [0.25, 0.3) is 0 Å². The number of amides is 2. The van der Waals surface area contributed by atoms with Gasteiger partial charge < -0.3 is 15.5 Å². The third-order valence-corrected chi connectivity index (χ3v) is 6.50. The molecule has 0 aromatic heterocycles. The first-order valence-electron chi connectivity index (χ1n) is 9.21. The summed E-state index contributed by atoms with van der Waals surface area (Å²) in [6.07, 6.45) is 8.51. The van der Waals surface area contributed by atoms with Gasteiger partial charge >= 0.3 is 0 Å². The molecule has 3 rings (SSSR count). The second-order valence-corrected chi connectivity index (χ2v) is 8.10. The molecular formula is C18H32ClN3O2. The van der Waals surface area contributed by atoms with Crippen LogP contribution in [0.5, 0.6) is 0 Å². The Bertz CT molecular complexity index is 477. The molecule has 3 fully saturated rings. The Kier molecular flexibility index (Phi) is 6.19. The maximum absolute atomic E-state index is 13.0. The minimum absolute atomic E-state index is 0. The number of carbonyl (C=O) groups is 2. The van der Waals surface area contributed by atoms with Crippen LogP contribution in [-0.2, 0) is 9.59 Å². The van der Waals surface area contributed by atoms with E-state index in [4.69, 9.17) is 0 Å². The van der Waals surface area contributed by atoms with Crippen molar-refractivity contribution in [2.45, 2.75) is 51.4 Å². The Balaban J connectivity index is 0.00000208. The van der Waals surface area contributed by atoms with Gasteiger partial charge in [0.15, 0.2) is 0 Å². The summed E-state index contributed by atoms with van der Waals surface area (Å²) in [6.45, 7) is 2.28. The number of nitrogens with one attached hydrogen (secondary N) is 2. The van der Waals surface area contributed by atoms with E-state index < -0.39 is 0 Å². The second-order valence-electron chi connectivity index (χ2n) is 8.10. The average Bonchev–Trinajstić information content (AvgIpc) is 3.19. The average molecular weight is 358 g/mol. The number of rotatable bonds is 4. The zero-order valence-electron chi connectivity index (χ0n) is 15.0. The molecule has 1 aliphatic heterocycles. The summed E-state index contributed by atoms with van der Waals surface area (Å²) in [5.41, 5.74) is -0.592. The first kappa shape index (κ1) is 19.5. The highest BCUT2D eigenvalue weighted by Gasteiger charge is 2.51. The van der Waals surface area contributed by atoms with Crippen molar-refractivity contribution in [2.75, 3.05) is 33.7 Å². The monoisotopic (exact) mass is 357 g/mol. The van der Waals surface area contributed by atoms with Crippen LogP contribution in [0.15, 0.2) is 0 Å². The summed E-state index contributed by atoms with van der Waals surface area (Å²) in [4.78, 5) is 27.4. The van der Waals surface area contributed by atoms with E-state index in [1.165, 1.54) is 6.42 Å². The van der Waals surface area contributed by atoms with E-state index in [-0.39, 0.29) is 35.1 Å². The molecule has 24 heavy (non-hydrogen) atoms. The molecule has 2 aliphatic carbocycles. The van der Waals surface area contributed by atoms with Crippen molar-refractivity contribution in [3.05, 3.63) is 0 Å². The summed E-state index contributed by atoms with van der Waals surface area (Å²) in [5.74, 6) is 0.836. The van der Waals surface area contributed by atoms with Crippen LogP contribution in [0.4, 0.5) is 0 Å². The van der Waals surface area contributed by atoms with Crippen molar-refractivity contribution in [3.8, 4) is 0 Å². The smallest absolute Gasteiger partial charge is 0.230 e. The highest BCUT2D eigenvalue weighted by Crippen LogP contribution is 2.44. The largest absolute Gasteiger partial charge is 0.354 e. The Morgan fingerprint density at radius 2 is 1.79 bits per heavy atom. The third-order valence-electron chi connectivity index (χ3n) is 6.50. The molecule has 6 heteroatoms. The van der Waals surface area contributed by atoms with Gasteiger partial charge in [0.05, 0.1) is 10.8 Å². The van der Waals surface area contributed by atoms with E-state index in [1.807, 2.05) is 14.1 Å². The highest BCUT2D eigenvalue weighted by atomic mass is 35.5. The zero-order valence-corrected chi connectivity index (χ0v) is 15.8. The maximum atomic E-state index is 13.0. The lowest BCUT2D eigenvalue weighted by Gasteiger charge is -2.38. The number of halogens is 1. The minimum Gasteiger partial charge on any atom is -0.354 e. The van der Waals surface area contributed by atoms with E-state index in [9.17, 15) is 9.59 Å². The lowest BCUT2D eigenvalue weighted by atomic mass is 9.67. The first-order chi connectivity index (χ1) is 11.0. The van der Waals surface area contributed by atoms with Crippen LogP contribution in [0.25, 0.3) is 0 Å². The van der Waals surface area contributed by atoms with Crippen molar-refractivity contribution >= 4 is 24.2 Å². The van der Waals surface area contributed by atoms with Crippen molar-refractivity contribution < 1.29 is 9.59 Å². The third kappa shape index (κ3) is 3.30. The molecule has 0 aromatic rings. The van der Waals surface area contributed by atoms with Crippen LogP contribution < -0.4 is 10.6 Å². The SMILES string of the molecule is CN(C)C(=O)C1(CNC(=O)[C@@]23CCCC[C@H]2CNC3)CCCC1.Cl. The Hall–Kier alpha value is -0.810. The summed E-state index contributed by atoms with van der Waals surface area (Å²) >= 11 is 0. The Labute approximate surface area is 151 Å². The molecule has 2 N–H and O–H groups in total. The molecule has 0 aromatic carbocycles. The summed E-state index contributed by atoms with van der Waals surface area (Å²) < 4.78 is 0. The van der Waals surface area contributed by atoms with Gasteiger partial charge in [-0.2, -0.15) is 0 Å². The van der Waals surface area contributed by atoms with Crippen LogP contribution >= 0.6 is 12.4 Å². The molecule has 2 amide bonds. The van der Waals surface area contributed by atoms with Gasteiger partial charge in [0.2, 0.25) is 11.8 Å². The predicted octanol–water partition coefficient (Wildman–Crippen LogP) is 1.95. The van der Waals surface area contributed by atoms with Gasteiger partial charge in [0, 0.05) is 27.2 Å². The maximum Gasteiger partial charge on any atom is 0.230 e. The number of carbonyl (C=O) groups excluding carboxylic acids is 2. The molecule has 0 unspecified atom stereocenters. The van der Waals surface area contributed by atoms with Crippen molar-refractivity contribution in [3.63, 3.8) is 0 Å². The summed E-state index contributed by atoms with van der Waals surface area (Å²) in [7, 11) is 3.64. The quantitative estimate of drug-likeness (QED) is 0.808. The first-order valence-corrected chi connectivity index (χ1v) is 9.21. The van der Waals surface area contributed by atoms with Crippen LogP contribution in [0.1, 0.15) is 51.4 Å².